The molecular weight excluding hydrogens is 156 g/mol. The van der Waals surface area contributed by atoms with Crippen molar-refractivity contribution in [3.05, 3.63) is 41.0 Å². The highest BCUT2D eigenvalue weighted by Crippen LogP contribution is 2.23. The van der Waals surface area contributed by atoms with Crippen LogP contribution >= 0.6 is 0 Å². The Hall–Kier alpha value is -1.04. The molecule has 0 spiro atoms. The number of aryl methyl sites for hydroxylation is 2. The Kier molecular flexibility index (Phi) is 2.92. The lowest BCUT2D eigenvalue weighted by atomic mass is 9.93. The summed E-state index contributed by atoms with van der Waals surface area (Å²) in [6.07, 6.45) is 1.93. The Labute approximate surface area is 81.3 Å². The van der Waals surface area contributed by atoms with Crippen LogP contribution < -0.4 is 0 Å². The van der Waals surface area contributed by atoms with Crippen molar-refractivity contribution in [1.82, 2.24) is 0 Å². The average Bonchev–Trinajstić information content (AvgIpc) is 2.03. The van der Waals surface area contributed by atoms with Gasteiger partial charge in [0.25, 0.3) is 0 Å². The van der Waals surface area contributed by atoms with Gasteiger partial charge in [-0.3, -0.25) is 0 Å². The standard InChI is InChI=1S/C13H18/c1-6-12-8-13(9(2)3)11(5)7-10(12)4/h6-9H,1H2,2-5H3. The van der Waals surface area contributed by atoms with E-state index in [1.165, 1.54) is 22.3 Å². The molecule has 0 saturated carbocycles. The van der Waals surface area contributed by atoms with Gasteiger partial charge in [-0.15, -0.1) is 0 Å². The molecule has 0 unspecified atom stereocenters. The van der Waals surface area contributed by atoms with Gasteiger partial charge >= 0.3 is 0 Å². The van der Waals surface area contributed by atoms with Crippen molar-refractivity contribution in [3.63, 3.8) is 0 Å². The monoisotopic (exact) mass is 174 g/mol. The summed E-state index contributed by atoms with van der Waals surface area (Å²) in [6.45, 7) is 12.6. The predicted octanol–water partition coefficient (Wildman–Crippen LogP) is 4.07. The lowest BCUT2D eigenvalue weighted by Gasteiger charge is -2.12. The van der Waals surface area contributed by atoms with Crippen LogP contribution in [0.5, 0.6) is 0 Å². The van der Waals surface area contributed by atoms with Crippen LogP contribution in [0.15, 0.2) is 18.7 Å². The number of rotatable bonds is 2. The van der Waals surface area contributed by atoms with Gasteiger partial charge in [0.05, 0.1) is 0 Å². The van der Waals surface area contributed by atoms with E-state index in [1.807, 2.05) is 6.08 Å². The predicted molar refractivity (Wildman–Crippen MR) is 60.1 cm³/mol. The van der Waals surface area contributed by atoms with Gasteiger partial charge in [-0.25, -0.2) is 0 Å². The van der Waals surface area contributed by atoms with Crippen molar-refractivity contribution in [2.45, 2.75) is 33.6 Å². The van der Waals surface area contributed by atoms with Crippen molar-refractivity contribution in [2.24, 2.45) is 0 Å². The van der Waals surface area contributed by atoms with Gasteiger partial charge < -0.3 is 0 Å². The minimum absolute atomic E-state index is 0.597. The summed E-state index contributed by atoms with van der Waals surface area (Å²) in [4.78, 5) is 0. The number of hydrogen-bond acceptors (Lipinski definition) is 0. The second-order valence-corrected chi connectivity index (χ2v) is 3.92. The van der Waals surface area contributed by atoms with E-state index in [0.717, 1.165) is 0 Å². The summed E-state index contributed by atoms with van der Waals surface area (Å²) in [5.41, 5.74) is 5.39. The molecule has 13 heavy (non-hydrogen) atoms. The largest absolute Gasteiger partial charge is 0.0985 e. The third-order valence-corrected chi connectivity index (χ3v) is 2.50. The third-order valence-electron chi connectivity index (χ3n) is 2.50. The van der Waals surface area contributed by atoms with Crippen molar-refractivity contribution >= 4 is 6.08 Å². The van der Waals surface area contributed by atoms with Crippen molar-refractivity contribution in [3.8, 4) is 0 Å². The second-order valence-electron chi connectivity index (χ2n) is 3.92. The highest BCUT2D eigenvalue weighted by Gasteiger charge is 2.05. The zero-order valence-corrected chi connectivity index (χ0v) is 9.02. The second kappa shape index (κ2) is 3.78. The van der Waals surface area contributed by atoms with Crippen LogP contribution in [-0.2, 0) is 0 Å². The molecule has 0 N–H and O–H groups in total. The molecule has 1 aromatic rings. The van der Waals surface area contributed by atoms with Crippen LogP contribution in [0.3, 0.4) is 0 Å². The topological polar surface area (TPSA) is 0 Å². The summed E-state index contributed by atoms with van der Waals surface area (Å²) in [6, 6.07) is 4.49. The highest BCUT2D eigenvalue weighted by molar-refractivity contribution is 5.55. The smallest absolute Gasteiger partial charge is 0.0216 e. The molecule has 1 rings (SSSR count). The SMILES string of the molecule is C=Cc1cc(C(C)C)c(C)cc1C. The first-order valence-electron chi connectivity index (χ1n) is 4.79. The van der Waals surface area contributed by atoms with Crippen LogP contribution in [-0.4, -0.2) is 0 Å². The maximum absolute atomic E-state index is 3.82. The van der Waals surface area contributed by atoms with E-state index in [-0.39, 0.29) is 0 Å². The molecule has 0 atom stereocenters. The minimum Gasteiger partial charge on any atom is -0.0985 e. The lowest BCUT2D eigenvalue weighted by Crippen LogP contribution is -1.94. The summed E-state index contributed by atoms with van der Waals surface area (Å²) in [5, 5.41) is 0. The Bertz CT molecular complexity index is 319. The van der Waals surface area contributed by atoms with Gasteiger partial charge in [-0.05, 0) is 42.0 Å². The molecule has 0 radical (unpaired) electrons. The zero-order valence-electron chi connectivity index (χ0n) is 9.02. The van der Waals surface area contributed by atoms with Gasteiger partial charge in [0.15, 0.2) is 0 Å². The van der Waals surface area contributed by atoms with Gasteiger partial charge in [0.2, 0.25) is 0 Å². The molecule has 0 aliphatic carbocycles. The van der Waals surface area contributed by atoms with Gasteiger partial charge in [-0.1, -0.05) is 38.6 Å². The highest BCUT2D eigenvalue weighted by atomic mass is 14.1. The Morgan fingerprint density at radius 2 is 1.77 bits per heavy atom. The maximum atomic E-state index is 3.82. The number of benzene rings is 1. The summed E-state index contributed by atoms with van der Waals surface area (Å²) >= 11 is 0. The van der Waals surface area contributed by atoms with Crippen LogP contribution in [0, 0.1) is 13.8 Å². The zero-order chi connectivity index (χ0) is 10.0. The first kappa shape index (κ1) is 10.0. The Morgan fingerprint density at radius 3 is 2.23 bits per heavy atom. The van der Waals surface area contributed by atoms with Crippen LogP contribution in [0.4, 0.5) is 0 Å². The molecule has 0 aliphatic heterocycles. The van der Waals surface area contributed by atoms with Crippen molar-refractivity contribution in [1.29, 1.82) is 0 Å². The molecule has 0 aliphatic rings. The molecule has 0 saturated heterocycles. The van der Waals surface area contributed by atoms with Crippen molar-refractivity contribution in [2.75, 3.05) is 0 Å². The van der Waals surface area contributed by atoms with E-state index in [1.54, 1.807) is 0 Å². The van der Waals surface area contributed by atoms with Crippen LogP contribution in [0.1, 0.15) is 42.0 Å². The van der Waals surface area contributed by atoms with E-state index in [9.17, 15) is 0 Å². The fourth-order valence-corrected chi connectivity index (χ4v) is 1.73. The average molecular weight is 174 g/mol. The fraction of sp³-hybridized carbons (Fsp3) is 0.385. The van der Waals surface area contributed by atoms with Crippen LogP contribution in [0.2, 0.25) is 0 Å². The third kappa shape index (κ3) is 2.00. The van der Waals surface area contributed by atoms with E-state index in [4.69, 9.17) is 0 Å². The summed E-state index contributed by atoms with van der Waals surface area (Å²) < 4.78 is 0. The van der Waals surface area contributed by atoms with E-state index < -0.39 is 0 Å². The quantitative estimate of drug-likeness (QED) is 0.634. The number of hydrogen-bond donors (Lipinski definition) is 0. The summed E-state index contributed by atoms with van der Waals surface area (Å²) in [7, 11) is 0. The first-order valence-corrected chi connectivity index (χ1v) is 4.79. The minimum atomic E-state index is 0.597. The molecule has 0 heterocycles. The molecular formula is C13H18. The van der Waals surface area contributed by atoms with E-state index in [2.05, 4.69) is 46.4 Å². The lowest BCUT2D eigenvalue weighted by molar-refractivity contribution is 0.855. The molecule has 0 bridgehead atoms. The molecule has 1 aromatic carbocycles. The van der Waals surface area contributed by atoms with E-state index in [0.29, 0.717) is 5.92 Å². The Morgan fingerprint density at radius 1 is 1.15 bits per heavy atom. The molecule has 0 heteroatoms. The van der Waals surface area contributed by atoms with Gasteiger partial charge in [0, 0.05) is 0 Å². The van der Waals surface area contributed by atoms with Gasteiger partial charge in [-0.2, -0.15) is 0 Å². The molecule has 0 aromatic heterocycles. The van der Waals surface area contributed by atoms with Crippen LogP contribution in [0.25, 0.3) is 6.08 Å². The summed E-state index contributed by atoms with van der Waals surface area (Å²) in [5.74, 6) is 0.597. The first-order chi connectivity index (χ1) is 6.06. The van der Waals surface area contributed by atoms with Crippen molar-refractivity contribution < 1.29 is 0 Å². The van der Waals surface area contributed by atoms with Gasteiger partial charge in [0.1, 0.15) is 0 Å². The van der Waals surface area contributed by atoms with E-state index >= 15 is 0 Å². The molecule has 70 valence electrons. The molecule has 0 amide bonds. The maximum Gasteiger partial charge on any atom is -0.0216 e. The molecule has 0 nitrogen and oxygen atoms in total. The Balaban J connectivity index is 3.30. The molecule has 0 fully saturated rings. The normalized spacial score (nSPS) is 10.5. The fourth-order valence-electron chi connectivity index (χ4n) is 1.73.